The number of aryl methyl sites for hydroxylation is 1. The summed E-state index contributed by atoms with van der Waals surface area (Å²) in [6.45, 7) is 0.110. The Hall–Kier alpha value is -1.52. The molecule has 0 aliphatic carbocycles. The summed E-state index contributed by atoms with van der Waals surface area (Å²) in [5, 5.41) is 7.25. The summed E-state index contributed by atoms with van der Waals surface area (Å²) < 4.78 is 33.1. The summed E-state index contributed by atoms with van der Waals surface area (Å²) in [5.41, 5.74) is 0.728. The molecule has 108 valence electrons. The summed E-state index contributed by atoms with van der Waals surface area (Å²) in [4.78, 5) is 3.95. The zero-order valence-electron chi connectivity index (χ0n) is 10.7. The van der Waals surface area contributed by atoms with Crippen molar-refractivity contribution < 1.29 is 13.2 Å². The third-order valence-corrected chi connectivity index (χ3v) is 4.75. The molecule has 0 aliphatic rings. The summed E-state index contributed by atoms with van der Waals surface area (Å²) in [7, 11) is -0.720. The Morgan fingerprint density at radius 1 is 1.50 bits per heavy atom. The van der Waals surface area contributed by atoms with Crippen molar-refractivity contribution in [1.82, 2.24) is 24.7 Å². The molecular formula is C10H12BrN5O3S. The fourth-order valence-corrected chi connectivity index (χ4v) is 3.63. The first-order valence-electron chi connectivity index (χ1n) is 5.48. The quantitative estimate of drug-likeness (QED) is 0.830. The highest BCUT2D eigenvalue weighted by Crippen LogP contribution is 2.18. The molecule has 0 saturated heterocycles. The highest BCUT2D eigenvalue weighted by molar-refractivity contribution is 9.10. The molecule has 0 amide bonds. The van der Waals surface area contributed by atoms with Crippen LogP contribution in [-0.2, 0) is 23.6 Å². The molecule has 2 heterocycles. The maximum absolute atomic E-state index is 12.2. The molecule has 0 bridgehead atoms. The smallest absolute Gasteiger partial charge is 0.260 e. The molecule has 0 unspecified atom stereocenters. The van der Waals surface area contributed by atoms with Crippen LogP contribution >= 0.6 is 15.9 Å². The van der Waals surface area contributed by atoms with E-state index in [2.05, 4.69) is 35.9 Å². The van der Waals surface area contributed by atoms with Gasteiger partial charge in [-0.05, 0) is 27.6 Å². The van der Waals surface area contributed by atoms with Crippen molar-refractivity contribution >= 4 is 26.0 Å². The van der Waals surface area contributed by atoms with E-state index in [0.717, 1.165) is 5.56 Å². The molecule has 0 atom stereocenters. The largest absolute Gasteiger partial charge is 0.481 e. The predicted octanol–water partition coefficient (Wildman–Crippen LogP) is 0.460. The van der Waals surface area contributed by atoms with E-state index in [0.29, 0.717) is 5.88 Å². The number of halogens is 1. The van der Waals surface area contributed by atoms with Crippen molar-refractivity contribution in [3.05, 3.63) is 28.5 Å². The van der Waals surface area contributed by atoms with Crippen LogP contribution in [0.2, 0.25) is 0 Å². The number of nitrogens with one attached hydrogen (secondary N) is 1. The molecule has 0 spiro atoms. The molecule has 0 aromatic carbocycles. The molecule has 0 fully saturated rings. The normalized spacial score (nSPS) is 11.6. The van der Waals surface area contributed by atoms with Crippen LogP contribution in [-0.4, -0.2) is 35.5 Å². The van der Waals surface area contributed by atoms with Crippen molar-refractivity contribution in [2.45, 2.75) is 11.6 Å². The summed E-state index contributed by atoms with van der Waals surface area (Å²) >= 11 is 3.06. The van der Waals surface area contributed by atoms with E-state index in [1.807, 2.05) is 0 Å². The van der Waals surface area contributed by atoms with Crippen molar-refractivity contribution in [3.8, 4) is 5.88 Å². The summed E-state index contributed by atoms with van der Waals surface area (Å²) in [5.74, 6) is 0.421. The first-order valence-corrected chi connectivity index (χ1v) is 7.75. The Morgan fingerprint density at radius 3 is 2.85 bits per heavy atom. The Balaban J connectivity index is 2.17. The van der Waals surface area contributed by atoms with Crippen molar-refractivity contribution in [2.24, 2.45) is 7.05 Å². The SMILES string of the molecule is COc1cc(CNS(=O)(=O)c2c(Br)nnn2C)ccn1. The lowest BCUT2D eigenvalue weighted by Gasteiger charge is -2.07. The van der Waals surface area contributed by atoms with E-state index in [9.17, 15) is 8.42 Å². The lowest BCUT2D eigenvalue weighted by Crippen LogP contribution is -2.25. The van der Waals surface area contributed by atoms with Gasteiger partial charge in [-0.15, -0.1) is 5.10 Å². The number of methoxy groups -OCH3 is 1. The number of nitrogens with zero attached hydrogens (tertiary/aromatic N) is 4. The number of sulfonamides is 1. The van der Waals surface area contributed by atoms with Crippen LogP contribution in [0.4, 0.5) is 0 Å². The minimum absolute atomic E-state index is 0.0291. The standard InChI is InChI=1S/C10H12BrN5O3S/c1-16-10(9(11)14-15-16)20(17,18)13-6-7-3-4-12-8(5-7)19-2/h3-5,13H,6H2,1-2H3. The molecule has 20 heavy (non-hydrogen) atoms. The Morgan fingerprint density at radius 2 is 2.25 bits per heavy atom. The lowest BCUT2D eigenvalue weighted by atomic mass is 10.3. The van der Waals surface area contributed by atoms with Crippen LogP contribution in [0.5, 0.6) is 5.88 Å². The van der Waals surface area contributed by atoms with Gasteiger partial charge in [0.25, 0.3) is 10.0 Å². The van der Waals surface area contributed by atoms with Gasteiger partial charge in [0.1, 0.15) is 0 Å². The van der Waals surface area contributed by atoms with Crippen LogP contribution in [0.3, 0.4) is 0 Å². The Kier molecular flexibility index (Phi) is 4.35. The van der Waals surface area contributed by atoms with Gasteiger partial charge < -0.3 is 4.74 Å². The van der Waals surface area contributed by atoms with Gasteiger partial charge in [0, 0.05) is 25.9 Å². The average molecular weight is 362 g/mol. The van der Waals surface area contributed by atoms with E-state index >= 15 is 0 Å². The van der Waals surface area contributed by atoms with Crippen LogP contribution in [0.1, 0.15) is 5.56 Å². The molecule has 2 aromatic heterocycles. The second-order valence-corrected chi connectivity index (χ2v) is 6.27. The highest BCUT2D eigenvalue weighted by Gasteiger charge is 2.23. The lowest BCUT2D eigenvalue weighted by molar-refractivity contribution is 0.397. The van der Waals surface area contributed by atoms with Crippen molar-refractivity contribution in [2.75, 3.05) is 7.11 Å². The first-order chi connectivity index (χ1) is 9.44. The zero-order valence-corrected chi connectivity index (χ0v) is 13.1. The fraction of sp³-hybridized carbons (Fsp3) is 0.300. The number of hydrogen-bond acceptors (Lipinski definition) is 6. The second-order valence-electron chi connectivity index (χ2n) is 3.84. The summed E-state index contributed by atoms with van der Waals surface area (Å²) in [6.07, 6.45) is 1.55. The Labute approximate surface area is 124 Å². The van der Waals surface area contributed by atoms with Gasteiger partial charge in [-0.1, -0.05) is 5.21 Å². The minimum Gasteiger partial charge on any atom is -0.481 e. The van der Waals surface area contributed by atoms with E-state index < -0.39 is 10.0 Å². The molecule has 10 heteroatoms. The van der Waals surface area contributed by atoms with Gasteiger partial charge in [0.2, 0.25) is 10.9 Å². The zero-order chi connectivity index (χ0) is 14.8. The molecule has 8 nitrogen and oxygen atoms in total. The topological polar surface area (TPSA) is 99.0 Å². The number of rotatable bonds is 5. The first kappa shape index (κ1) is 14.9. The number of hydrogen-bond donors (Lipinski definition) is 1. The van der Waals surface area contributed by atoms with E-state index in [-0.39, 0.29) is 16.2 Å². The van der Waals surface area contributed by atoms with Gasteiger partial charge in [0.15, 0.2) is 4.60 Å². The van der Waals surface area contributed by atoms with E-state index in [1.165, 1.54) is 18.8 Å². The van der Waals surface area contributed by atoms with Crippen LogP contribution < -0.4 is 9.46 Å². The third kappa shape index (κ3) is 3.14. The minimum atomic E-state index is -3.72. The van der Waals surface area contributed by atoms with E-state index in [4.69, 9.17) is 4.74 Å². The van der Waals surface area contributed by atoms with Gasteiger partial charge in [-0.25, -0.2) is 22.8 Å². The average Bonchev–Trinajstić information content (AvgIpc) is 2.77. The third-order valence-electron chi connectivity index (χ3n) is 2.47. The van der Waals surface area contributed by atoms with Crippen LogP contribution in [0.25, 0.3) is 0 Å². The molecule has 2 aromatic rings. The van der Waals surface area contributed by atoms with Gasteiger partial charge in [-0.2, -0.15) is 0 Å². The molecule has 0 radical (unpaired) electrons. The maximum atomic E-state index is 12.2. The number of ether oxygens (including phenoxy) is 1. The van der Waals surface area contributed by atoms with Gasteiger partial charge in [-0.3, -0.25) is 0 Å². The molecule has 0 aliphatic heterocycles. The van der Waals surface area contributed by atoms with Crippen molar-refractivity contribution in [3.63, 3.8) is 0 Å². The highest BCUT2D eigenvalue weighted by atomic mass is 79.9. The van der Waals surface area contributed by atoms with Crippen molar-refractivity contribution in [1.29, 1.82) is 0 Å². The van der Waals surface area contributed by atoms with Crippen LogP contribution in [0.15, 0.2) is 28.0 Å². The molecule has 1 N–H and O–H groups in total. The monoisotopic (exact) mass is 361 g/mol. The molecule has 2 rings (SSSR count). The van der Waals surface area contributed by atoms with E-state index in [1.54, 1.807) is 18.3 Å². The van der Waals surface area contributed by atoms with Crippen LogP contribution in [0, 0.1) is 0 Å². The van der Waals surface area contributed by atoms with Gasteiger partial charge >= 0.3 is 0 Å². The summed E-state index contributed by atoms with van der Waals surface area (Å²) in [6, 6.07) is 3.35. The second kappa shape index (κ2) is 5.85. The van der Waals surface area contributed by atoms with Gasteiger partial charge in [0.05, 0.1) is 7.11 Å². The number of aromatic nitrogens is 4. The maximum Gasteiger partial charge on any atom is 0.260 e. The predicted molar refractivity (Wildman–Crippen MR) is 73.5 cm³/mol. The Bertz CT molecular complexity index is 696. The molecular weight excluding hydrogens is 350 g/mol. The fourth-order valence-electron chi connectivity index (χ4n) is 1.53. The number of pyridine rings is 1. The molecule has 0 saturated carbocycles.